The van der Waals surface area contributed by atoms with E-state index in [0.717, 1.165) is 39.8 Å². The highest BCUT2D eigenvalue weighted by atomic mass is 32.1. The van der Waals surface area contributed by atoms with E-state index >= 15 is 0 Å². The summed E-state index contributed by atoms with van der Waals surface area (Å²) in [7, 11) is 1.69. The second-order valence-corrected chi connectivity index (χ2v) is 8.08. The molecule has 0 aliphatic heterocycles. The van der Waals surface area contributed by atoms with Gasteiger partial charge in [-0.1, -0.05) is 29.8 Å². The van der Waals surface area contributed by atoms with Crippen molar-refractivity contribution in [3.63, 3.8) is 0 Å². The molecule has 1 aromatic heterocycles. The number of methoxy groups -OCH3 is 1. The lowest BCUT2D eigenvalue weighted by molar-refractivity contribution is 0.340. The van der Waals surface area contributed by atoms with Crippen LogP contribution < -0.4 is 14.3 Å². The summed E-state index contributed by atoms with van der Waals surface area (Å²) >= 11 is 1.65. The largest absolute Gasteiger partial charge is 0.497 e. The highest BCUT2D eigenvalue weighted by Crippen LogP contribution is 2.25. The Kier molecular flexibility index (Phi) is 6.53. The first-order chi connectivity index (χ1) is 15.2. The zero-order chi connectivity index (χ0) is 21.6. The van der Waals surface area contributed by atoms with Gasteiger partial charge in [0, 0.05) is 5.38 Å². The van der Waals surface area contributed by atoms with Crippen molar-refractivity contribution in [3.05, 3.63) is 94.1 Å². The van der Waals surface area contributed by atoms with E-state index < -0.39 is 0 Å². The summed E-state index contributed by atoms with van der Waals surface area (Å²) in [6.07, 6.45) is 0. The molecule has 0 spiro atoms. The summed E-state index contributed by atoms with van der Waals surface area (Å²) in [5.41, 5.74) is 5.68. The predicted octanol–water partition coefficient (Wildman–Crippen LogP) is 6.21. The lowest BCUT2D eigenvalue weighted by atomic mass is 10.1. The number of ether oxygens (including phenoxy) is 2. The van der Waals surface area contributed by atoms with Crippen LogP contribution in [0.25, 0.3) is 11.3 Å². The quantitative estimate of drug-likeness (QED) is 0.349. The van der Waals surface area contributed by atoms with Crippen molar-refractivity contribution >= 4 is 17.0 Å². The molecule has 158 valence electrons. The second-order valence-electron chi connectivity index (χ2n) is 7.24. The van der Waals surface area contributed by atoms with Crippen molar-refractivity contribution in [1.29, 1.82) is 0 Å². The maximum Gasteiger partial charge on any atom is 0.190 e. The standard InChI is InChI=1S/C26H26N2O2S/c1-4-30-24-15-11-22(12-16-24)27-26-28(17-20-7-5-19(2)6-8-20)25(18-31-26)21-9-13-23(29-3)14-10-21/h5-16,18H,4,17H2,1-3H3. The Labute approximate surface area is 187 Å². The third-order valence-corrected chi connectivity index (χ3v) is 5.88. The predicted molar refractivity (Wildman–Crippen MR) is 127 cm³/mol. The number of hydrogen-bond acceptors (Lipinski definition) is 4. The van der Waals surface area contributed by atoms with Crippen molar-refractivity contribution in [1.82, 2.24) is 4.57 Å². The van der Waals surface area contributed by atoms with Gasteiger partial charge < -0.3 is 14.0 Å². The highest BCUT2D eigenvalue weighted by Gasteiger charge is 2.10. The summed E-state index contributed by atoms with van der Waals surface area (Å²) in [6.45, 7) is 5.50. The van der Waals surface area contributed by atoms with Crippen LogP contribution in [0.3, 0.4) is 0 Å². The first kappa shape index (κ1) is 20.9. The number of rotatable bonds is 7. The van der Waals surface area contributed by atoms with Crippen LogP contribution >= 0.6 is 11.3 Å². The third kappa shape index (κ3) is 5.06. The van der Waals surface area contributed by atoms with Crippen LogP contribution in [0.2, 0.25) is 0 Å². The van der Waals surface area contributed by atoms with E-state index in [1.807, 2.05) is 43.3 Å². The van der Waals surface area contributed by atoms with Crippen molar-refractivity contribution in [2.24, 2.45) is 4.99 Å². The van der Waals surface area contributed by atoms with Crippen LogP contribution in [0, 0.1) is 6.92 Å². The molecule has 0 saturated carbocycles. The molecular weight excluding hydrogens is 404 g/mol. The molecule has 0 fully saturated rings. The Bertz CT molecular complexity index is 1190. The molecule has 3 aromatic carbocycles. The molecule has 4 aromatic rings. The van der Waals surface area contributed by atoms with Crippen LogP contribution in [0.4, 0.5) is 5.69 Å². The monoisotopic (exact) mass is 430 g/mol. The fourth-order valence-corrected chi connectivity index (χ4v) is 4.26. The fourth-order valence-electron chi connectivity index (χ4n) is 3.33. The molecule has 31 heavy (non-hydrogen) atoms. The Morgan fingerprint density at radius 3 is 2.19 bits per heavy atom. The average Bonchev–Trinajstić information content (AvgIpc) is 3.19. The minimum atomic E-state index is 0.656. The summed E-state index contributed by atoms with van der Waals surface area (Å²) < 4.78 is 13.1. The van der Waals surface area contributed by atoms with Crippen molar-refractivity contribution in [2.45, 2.75) is 20.4 Å². The number of nitrogens with zero attached hydrogens (tertiary/aromatic N) is 2. The molecule has 0 aliphatic carbocycles. The minimum Gasteiger partial charge on any atom is -0.497 e. The van der Waals surface area contributed by atoms with Gasteiger partial charge in [-0.05, 0) is 73.5 Å². The van der Waals surface area contributed by atoms with Gasteiger partial charge in [0.25, 0.3) is 0 Å². The first-order valence-corrected chi connectivity index (χ1v) is 11.2. The summed E-state index contributed by atoms with van der Waals surface area (Å²) in [5, 5.41) is 2.17. The molecule has 0 bridgehead atoms. The second kappa shape index (κ2) is 9.67. The van der Waals surface area contributed by atoms with Crippen molar-refractivity contribution < 1.29 is 9.47 Å². The molecule has 1 heterocycles. The fraction of sp³-hybridized carbons (Fsp3) is 0.192. The van der Waals surface area contributed by atoms with Gasteiger partial charge in [0.1, 0.15) is 11.5 Å². The van der Waals surface area contributed by atoms with Crippen LogP contribution in [0.1, 0.15) is 18.1 Å². The third-order valence-electron chi connectivity index (χ3n) is 5.02. The molecule has 4 rings (SSSR count). The number of hydrogen-bond donors (Lipinski definition) is 0. The number of benzene rings is 3. The Morgan fingerprint density at radius 2 is 1.55 bits per heavy atom. The van der Waals surface area contributed by atoms with E-state index in [9.17, 15) is 0 Å². The molecule has 0 unspecified atom stereocenters. The molecule has 0 saturated heterocycles. The van der Waals surface area contributed by atoms with E-state index in [4.69, 9.17) is 14.5 Å². The Hall–Kier alpha value is -3.31. The van der Waals surface area contributed by atoms with Gasteiger partial charge in [-0.3, -0.25) is 0 Å². The van der Waals surface area contributed by atoms with Gasteiger partial charge in [-0.25, -0.2) is 4.99 Å². The smallest absolute Gasteiger partial charge is 0.190 e. The van der Waals surface area contributed by atoms with E-state index in [-0.39, 0.29) is 0 Å². The summed E-state index contributed by atoms with van der Waals surface area (Å²) in [5.74, 6) is 1.71. The number of aromatic nitrogens is 1. The normalized spacial score (nSPS) is 11.5. The number of aryl methyl sites for hydroxylation is 1. The average molecular weight is 431 g/mol. The molecule has 0 amide bonds. The van der Waals surface area contributed by atoms with Gasteiger partial charge in [0.2, 0.25) is 0 Å². The van der Waals surface area contributed by atoms with E-state index in [0.29, 0.717) is 6.61 Å². The Morgan fingerprint density at radius 1 is 0.871 bits per heavy atom. The molecule has 0 radical (unpaired) electrons. The van der Waals surface area contributed by atoms with Crippen molar-refractivity contribution in [2.75, 3.05) is 13.7 Å². The van der Waals surface area contributed by atoms with Gasteiger partial charge in [0.05, 0.1) is 31.6 Å². The zero-order valence-electron chi connectivity index (χ0n) is 18.0. The van der Waals surface area contributed by atoms with E-state index in [1.54, 1.807) is 18.4 Å². The topological polar surface area (TPSA) is 35.8 Å². The van der Waals surface area contributed by atoms with E-state index in [1.165, 1.54) is 11.1 Å². The maximum atomic E-state index is 5.55. The minimum absolute atomic E-state index is 0.656. The first-order valence-electron chi connectivity index (χ1n) is 10.3. The molecule has 4 nitrogen and oxygen atoms in total. The molecular formula is C26H26N2O2S. The van der Waals surface area contributed by atoms with Crippen molar-refractivity contribution in [3.8, 4) is 22.8 Å². The van der Waals surface area contributed by atoms with Crippen LogP contribution in [0.15, 0.2) is 83.2 Å². The lowest BCUT2D eigenvalue weighted by Crippen LogP contribution is -2.16. The zero-order valence-corrected chi connectivity index (χ0v) is 18.9. The maximum absolute atomic E-state index is 5.55. The van der Waals surface area contributed by atoms with E-state index in [2.05, 4.69) is 53.3 Å². The summed E-state index contributed by atoms with van der Waals surface area (Å²) in [4.78, 5) is 5.89. The summed E-state index contributed by atoms with van der Waals surface area (Å²) in [6, 6.07) is 24.7. The van der Waals surface area contributed by atoms with Gasteiger partial charge in [-0.15, -0.1) is 11.3 Å². The lowest BCUT2D eigenvalue weighted by Gasteiger charge is -2.11. The SMILES string of the molecule is CCOc1ccc(N=c2scc(-c3ccc(OC)cc3)n2Cc2ccc(C)cc2)cc1. The molecule has 5 heteroatoms. The molecule has 0 atom stereocenters. The molecule has 0 aliphatic rings. The van der Waals surface area contributed by atoms with Crippen LogP contribution in [-0.4, -0.2) is 18.3 Å². The molecule has 0 N–H and O–H groups in total. The highest BCUT2D eigenvalue weighted by molar-refractivity contribution is 7.07. The van der Waals surface area contributed by atoms with Crippen LogP contribution in [0.5, 0.6) is 11.5 Å². The number of thiazole rings is 1. The van der Waals surface area contributed by atoms with Gasteiger partial charge in [0.15, 0.2) is 4.80 Å². The van der Waals surface area contributed by atoms with Gasteiger partial charge in [-0.2, -0.15) is 0 Å². The Balaban J connectivity index is 1.76. The van der Waals surface area contributed by atoms with Gasteiger partial charge >= 0.3 is 0 Å². The van der Waals surface area contributed by atoms with Crippen LogP contribution in [-0.2, 0) is 6.54 Å².